The molecule has 4 nitrogen and oxygen atoms in total. The number of ether oxygens (including phenoxy) is 2. The van der Waals surface area contributed by atoms with Gasteiger partial charge in [-0.3, -0.25) is 4.79 Å². The molecule has 0 saturated heterocycles. The van der Waals surface area contributed by atoms with Gasteiger partial charge in [-0.2, -0.15) is 0 Å². The number of fused-ring (bicyclic) bond motifs is 1. The van der Waals surface area contributed by atoms with Gasteiger partial charge in [0.25, 0.3) is 0 Å². The van der Waals surface area contributed by atoms with Crippen LogP contribution in [0.3, 0.4) is 0 Å². The van der Waals surface area contributed by atoms with Gasteiger partial charge in [0.15, 0.2) is 11.5 Å². The van der Waals surface area contributed by atoms with Crippen molar-refractivity contribution in [2.75, 3.05) is 18.5 Å². The van der Waals surface area contributed by atoms with Crippen LogP contribution in [-0.4, -0.2) is 29.6 Å². The average molecular weight is 335 g/mol. The summed E-state index contributed by atoms with van der Waals surface area (Å²) in [6.45, 7) is 3.22. The highest BCUT2D eigenvalue weighted by Gasteiger charge is 2.24. The van der Waals surface area contributed by atoms with Crippen LogP contribution in [0, 0.1) is 0 Å². The van der Waals surface area contributed by atoms with Crippen LogP contribution in [0.2, 0.25) is 0 Å². The highest BCUT2D eigenvalue weighted by molar-refractivity contribution is 8.01. The first-order valence-corrected chi connectivity index (χ1v) is 9.56. The van der Waals surface area contributed by atoms with Crippen LogP contribution in [0.25, 0.3) is 0 Å². The smallest absolute Gasteiger partial charge is 0.237 e. The fourth-order valence-electron chi connectivity index (χ4n) is 3.12. The third-order valence-corrected chi connectivity index (χ3v) is 6.11. The maximum atomic E-state index is 12.6. The van der Waals surface area contributed by atoms with Gasteiger partial charge in [-0.25, -0.2) is 0 Å². The molecule has 1 fully saturated rings. The molecule has 23 heavy (non-hydrogen) atoms. The number of benzene rings is 1. The predicted octanol–water partition coefficient (Wildman–Crippen LogP) is 4.24. The largest absolute Gasteiger partial charge is 0.486 e. The Morgan fingerprint density at radius 1 is 1.22 bits per heavy atom. The lowest BCUT2D eigenvalue weighted by molar-refractivity contribution is -0.115. The maximum absolute atomic E-state index is 12.6. The van der Waals surface area contributed by atoms with Crippen LogP contribution in [-0.2, 0) is 4.79 Å². The van der Waals surface area contributed by atoms with Crippen molar-refractivity contribution in [2.24, 2.45) is 0 Å². The van der Waals surface area contributed by atoms with Gasteiger partial charge in [-0.1, -0.05) is 26.2 Å². The van der Waals surface area contributed by atoms with Gasteiger partial charge < -0.3 is 14.8 Å². The summed E-state index contributed by atoms with van der Waals surface area (Å²) in [6.07, 6.45) is 7.31. The highest BCUT2D eigenvalue weighted by atomic mass is 32.2. The highest BCUT2D eigenvalue weighted by Crippen LogP contribution is 2.34. The molecule has 1 aromatic carbocycles. The van der Waals surface area contributed by atoms with E-state index in [9.17, 15) is 4.79 Å². The van der Waals surface area contributed by atoms with E-state index in [1.54, 1.807) is 0 Å². The van der Waals surface area contributed by atoms with Crippen molar-refractivity contribution in [1.82, 2.24) is 0 Å². The van der Waals surface area contributed by atoms with Gasteiger partial charge in [0, 0.05) is 17.0 Å². The quantitative estimate of drug-likeness (QED) is 0.874. The molecule has 0 radical (unpaired) electrons. The molecule has 0 spiro atoms. The van der Waals surface area contributed by atoms with Crippen molar-refractivity contribution in [1.29, 1.82) is 0 Å². The van der Waals surface area contributed by atoms with Gasteiger partial charge in [-0.15, -0.1) is 11.8 Å². The Kier molecular flexibility index (Phi) is 5.70. The summed E-state index contributed by atoms with van der Waals surface area (Å²) in [7, 11) is 0. The topological polar surface area (TPSA) is 47.6 Å². The first-order valence-electron chi connectivity index (χ1n) is 8.62. The van der Waals surface area contributed by atoms with Crippen LogP contribution in [0.15, 0.2) is 18.2 Å². The number of anilines is 1. The molecule has 126 valence electrons. The molecule has 2 aliphatic rings. The second-order valence-corrected chi connectivity index (χ2v) is 7.65. The molecule has 1 aliphatic heterocycles. The zero-order chi connectivity index (χ0) is 16.1. The molecule has 1 aliphatic carbocycles. The molecule has 1 unspecified atom stereocenters. The molecule has 5 heteroatoms. The third-order valence-electron chi connectivity index (χ3n) is 4.38. The van der Waals surface area contributed by atoms with E-state index in [2.05, 4.69) is 12.2 Å². The van der Waals surface area contributed by atoms with Gasteiger partial charge >= 0.3 is 0 Å². The molecule has 3 rings (SSSR count). The Morgan fingerprint density at radius 2 is 1.96 bits per heavy atom. The van der Waals surface area contributed by atoms with Crippen LogP contribution in [0.5, 0.6) is 11.5 Å². The molecule has 1 aromatic rings. The average Bonchev–Trinajstić information content (AvgIpc) is 2.60. The number of thioether (sulfide) groups is 1. The molecule has 1 heterocycles. The SMILES string of the molecule is CCC(SC1CCCCC1)C(=O)Nc1ccc2c(c1)OCCO2. The second kappa shape index (κ2) is 7.95. The molecular weight excluding hydrogens is 310 g/mol. The van der Waals surface area contributed by atoms with E-state index in [0.29, 0.717) is 24.2 Å². The number of rotatable bonds is 5. The zero-order valence-electron chi connectivity index (χ0n) is 13.7. The van der Waals surface area contributed by atoms with Crippen LogP contribution in [0.1, 0.15) is 45.4 Å². The summed E-state index contributed by atoms with van der Waals surface area (Å²) < 4.78 is 11.1. The summed E-state index contributed by atoms with van der Waals surface area (Å²) in [5.74, 6) is 1.56. The van der Waals surface area contributed by atoms with E-state index >= 15 is 0 Å². The minimum atomic E-state index is 0.0197. The van der Waals surface area contributed by atoms with Crippen molar-refractivity contribution in [3.8, 4) is 11.5 Å². The molecule has 0 bridgehead atoms. The van der Waals surface area contributed by atoms with Gasteiger partial charge in [0.1, 0.15) is 13.2 Å². The monoisotopic (exact) mass is 335 g/mol. The minimum Gasteiger partial charge on any atom is -0.486 e. The van der Waals surface area contributed by atoms with Crippen LogP contribution in [0.4, 0.5) is 5.69 Å². The van der Waals surface area contributed by atoms with E-state index in [0.717, 1.165) is 17.9 Å². The van der Waals surface area contributed by atoms with E-state index in [1.807, 2.05) is 30.0 Å². The number of hydrogen-bond acceptors (Lipinski definition) is 4. The summed E-state index contributed by atoms with van der Waals surface area (Å²) >= 11 is 1.85. The number of carbonyl (C=O) groups is 1. The summed E-state index contributed by atoms with van der Waals surface area (Å²) in [5.41, 5.74) is 0.780. The predicted molar refractivity (Wildman–Crippen MR) is 94.6 cm³/mol. The first-order chi connectivity index (χ1) is 11.3. The van der Waals surface area contributed by atoms with Crippen LogP contribution < -0.4 is 14.8 Å². The molecule has 1 amide bonds. The number of carbonyl (C=O) groups excluding carboxylic acids is 1. The van der Waals surface area contributed by atoms with E-state index in [1.165, 1.54) is 32.1 Å². The zero-order valence-corrected chi connectivity index (χ0v) is 14.5. The Labute approximate surface area is 142 Å². The van der Waals surface area contributed by atoms with Gasteiger partial charge in [0.05, 0.1) is 5.25 Å². The van der Waals surface area contributed by atoms with Crippen LogP contribution >= 0.6 is 11.8 Å². The number of hydrogen-bond donors (Lipinski definition) is 1. The lowest BCUT2D eigenvalue weighted by Crippen LogP contribution is -2.27. The van der Waals surface area contributed by atoms with Gasteiger partial charge in [-0.05, 0) is 31.4 Å². The maximum Gasteiger partial charge on any atom is 0.237 e. The Balaban J connectivity index is 1.60. The fourth-order valence-corrected chi connectivity index (χ4v) is 4.57. The lowest BCUT2D eigenvalue weighted by atomic mass is 10.0. The first kappa shape index (κ1) is 16.5. The fraction of sp³-hybridized carbons (Fsp3) is 0.611. The molecule has 1 N–H and O–H groups in total. The van der Waals surface area contributed by atoms with Crippen molar-refractivity contribution in [3.05, 3.63) is 18.2 Å². The second-order valence-electron chi connectivity index (χ2n) is 6.14. The van der Waals surface area contributed by atoms with E-state index in [4.69, 9.17) is 9.47 Å². The molecule has 1 saturated carbocycles. The summed E-state index contributed by atoms with van der Waals surface area (Å²) in [6, 6.07) is 5.59. The standard InChI is InChI=1S/C18H25NO3S/c1-2-17(23-14-6-4-3-5-7-14)18(20)19-13-8-9-15-16(12-13)22-11-10-21-15/h8-9,12,14,17H,2-7,10-11H2,1H3,(H,19,20). The number of nitrogens with one attached hydrogen (secondary N) is 1. The van der Waals surface area contributed by atoms with Crippen molar-refractivity contribution in [2.45, 2.75) is 55.9 Å². The lowest BCUT2D eigenvalue weighted by Gasteiger charge is -2.25. The van der Waals surface area contributed by atoms with Crippen molar-refractivity contribution >= 4 is 23.4 Å². The van der Waals surface area contributed by atoms with E-state index < -0.39 is 0 Å². The molecule has 1 atom stereocenters. The Bertz CT molecular complexity index is 543. The summed E-state index contributed by atoms with van der Waals surface area (Å²) in [5, 5.41) is 3.70. The Morgan fingerprint density at radius 3 is 2.70 bits per heavy atom. The third kappa shape index (κ3) is 4.34. The van der Waals surface area contributed by atoms with E-state index in [-0.39, 0.29) is 11.2 Å². The summed E-state index contributed by atoms with van der Waals surface area (Å²) in [4.78, 5) is 12.6. The molecule has 0 aromatic heterocycles. The van der Waals surface area contributed by atoms with Crippen molar-refractivity contribution in [3.63, 3.8) is 0 Å². The normalized spacial score (nSPS) is 19.2. The molecular formula is C18H25NO3S. The number of amides is 1. The minimum absolute atomic E-state index is 0.0197. The Hall–Kier alpha value is -1.36. The van der Waals surface area contributed by atoms with Crippen molar-refractivity contribution < 1.29 is 14.3 Å². The van der Waals surface area contributed by atoms with Gasteiger partial charge in [0.2, 0.25) is 5.91 Å².